The van der Waals surface area contributed by atoms with E-state index in [9.17, 15) is 4.79 Å². The molecule has 2 bridgehead atoms. The summed E-state index contributed by atoms with van der Waals surface area (Å²) in [4.78, 5) is 18.7. The number of rotatable bonds is 3. The summed E-state index contributed by atoms with van der Waals surface area (Å²) in [6.07, 6.45) is 3.51. The predicted molar refractivity (Wildman–Crippen MR) is 86.0 cm³/mol. The average molecular weight is 319 g/mol. The number of aryl methyl sites for hydroxylation is 1. The van der Waals surface area contributed by atoms with Crippen LogP contribution in [0, 0.1) is 6.92 Å². The fraction of sp³-hybridized carbons (Fsp3) is 0.467. The van der Waals surface area contributed by atoms with E-state index >= 15 is 0 Å². The summed E-state index contributed by atoms with van der Waals surface area (Å²) >= 11 is 3.15. The highest BCUT2D eigenvalue weighted by Gasteiger charge is 2.39. The number of carbonyl (C=O) groups is 1. The van der Waals surface area contributed by atoms with Gasteiger partial charge in [0.15, 0.2) is 0 Å². The quantitative estimate of drug-likeness (QED) is 0.915. The highest BCUT2D eigenvalue weighted by atomic mass is 32.1. The van der Waals surface area contributed by atoms with Crippen LogP contribution in [0.15, 0.2) is 17.5 Å². The standard InChI is InChI=1S/C15H17N3OS2/c1-8-7-20-15(16-8)13-5-4-12(21-13)14(19)18-11-6-9-2-3-10(11)17-9/h4-5,7,9-11,17H,2-3,6H2,1H3,(H,18,19). The van der Waals surface area contributed by atoms with Crippen molar-refractivity contribution < 1.29 is 4.79 Å². The molecular weight excluding hydrogens is 302 g/mol. The molecule has 4 rings (SSSR count). The smallest absolute Gasteiger partial charge is 0.261 e. The highest BCUT2D eigenvalue weighted by Crippen LogP contribution is 2.32. The van der Waals surface area contributed by atoms with E-state index in [0.717, 1.165) is 26.9 Å². The Morgan fingerprint density at radius 1 is 1.43 bits per heavy atom. The first-order valence-electron chi connectivity index (χ1n) is 7.28. The molecule has 6 heteroatoms. The van der Waals surface area contributed by atoms with Crippen molar-refractivity contribution in [1.29, 1.82) is 0 Å². The van der Waals surface area contributed by atoms with Crippen molar-refractivity contribution in [2.45, 2.75) is 44.3 Å². The maximum atomic E-state index is 12.4. The van der Waals surface area contributed by atoms with Crippen LogP contribution in [0.2, 0.25) is 0 Å². The molecule has 4 nitrogen and oxygen atoms in total. The van der Waals surface area contributed by atoms with Gasteiger partial charge in [0.1, 0.15) is 5.01 Å². The first kappa shape index (κ1) is 13.4. The van der Waals surface area contributed by atoms with Gasteiger partial charge in [0.2, 0.25) is 0 Å². The predicted octanol–water partition coefficient (Wildman–Crippen LogP) is 2.80. The van der Waals surface area contributed by atoms with E-state index < -0.39 is 0 Å². The highest BCUT2D eigenvalue weighted by molar-refractivity contribution is 7.22. The first-order valence-corrected chi connectivity index (χ1v) is 8.98. The van der Waals surface area contributed by atoms with Gasteiger partial charge in [0.25, 0.3) is 5.91 Å². The summed E-state index contributed by atoms with van der Waals surface area (Å²) in [5.74, 6) is 0.0545. The Kier molecular flexibility index (Phi) is 3.32. The molecule has 110 valence electrons. The van der Waals surface area contributed by atoms with Crippen molar-refractivity contribution in [1.82, 2.24) is 15.6 Å². The molecule has 2 aromatic heterocycles. The van der Waals surface area contributed by atoms with Gasteiger partial charge < -0.3 is 10.6 Å². The normalized spacial score (nSPS) is 27.2. The molecule has 2 saturated heterocycles. The average Bonchev–Trinajstić information content (AvgIpc) is 3.22. The Labute approximate surface area is 131 Å². The molecule has 0 radical (unpaired) electrons. The minimum atomic E-state index is 0.0545. The van der Waals surface area contributed by atoms with Crippen LogP contribution in [0.5, 0.6) is 0 Å². The van der Waals surface area contributed by atoms with Crippen molar-refractivity contribution in [2.24, 2.45) is 0 Å². The molecule has 2 aliphatic heterocycles. The second-order valence-electron chi connectivity index (χ2n) is 5.82. The number of thiophene rings is 1. The second-order valence-corrected chi connectivity index (χ2v) is 7.76. The molecule has 0 aromatic carbocycles. The molecule has 2 aliphatic rings. The van der Waals surface area contributed by atoms with E-state index in [0.29, 0.717) is 18.1 Å². The SMILES string of the molecule is Cc1csc(-c2ccc(C(=O)NC3CC4CCC3N4)s2)n1. The molecule has 2 aromatic rings. The third-order valence-electron chi connectivity index (χ3n) is 4.28. The summed E-state index contributed by atoms with van der Waals surface area (Å²) in [5, 5.41) is 9.77. The molecule has 4 heterocycles. The second kappa shape index (κ2) is 5.19. The third-order valence-corrected chi connectivity index (χ3v) is 6.49. The van der Waals surface area contributed by atoms with Crippen molar-refractivity contribution in [3.05, 3.63) is 28.1 Å². The van der Waals surface area contributed by atoms with Gasteiger partial charge >= 0.3 is 0 Å². The third kappa shape index (κ3) is 2.52. The van der Waals surface area contributed by atoms with Crippen LogP contribution in [0.1, 0.15) is 34.6 Å². The van der Waals surface area contributed by atoms with Gasteiger partial charge in [-0.05, 0) is 38.3 Å². The number of nitrogens with one attached hydrogen (secondary N) is 2. The lowest BCUT2D eigenvalue weighted by Crippen LogP contribution is -2.42. The maximum Gasteiger partial charge on any atom is 0.261 e. The topological polar surface area (TPSA) is 54.0 Å². The van der Waals surface area contributed by atoms with E-state index in [1.807, 2.05) is 24.4 Å². The van der Waals surface area contributed by atoms with E-state index in [-0.39, 0.29) is 5.91 Å². The van der Waals surface area contributed by atoms with Gasteiger partial charge in [-0.25, -0.2) is 4.98 Å². The van der Waals surface area contributed by atoms with Crippen LogP contribution < -0.4 is 10.6 Å². The summed E-state index contributed by atoms with van der Waals surface area (Å²) in [5.41, 5.74) is 1.03. The lowest BCUT2D eigenvalue weighted by Gasteiger charge is -2.20. The largest absolute Gasteiger partial charge is 0.347 e. The van der Waals surface area contributed by atoms with Gasteiger partial charge in [-0.1, -0.05) is 0 Å². The van der Waals surface area contributed by atoms with Gasteiger partial charge in [0, 0.05) is 29.2 Å². The fourth-order valence-electron chi connectivity index (χ4n) is 3.27. The number of hydrogen-bond acceptors (Lipinski definition) is 5. The lowest BCUT2D eigenvalue weighted by atomic mass is 9.95. The van der Waals surface area contributed by atoms with Crippen molar-refractivity contribution in [3.63, 3.8) is 0 Å². The number of fused-ring (bicyclic) bond motifs is 2. The van der Waals surface area contributed by atoms with Crippen LogP contribution >= 0.6 is 22.7 Å². The zero-order valence-electron chi connectivity index (χ0n) is 11.8. The number of aromatic nitrogens is 1. The Bertz CT molecular complexity index is 678. The molecule has 0 aliphatic carbocycles. The number of carbonyl (C=O) groups excluding carboxylic acids is 1. The molecule has 0 saturated carbocycles. The van der Waals surface area contributed by atoms with E-state index in [1.54, 1.807) is 11.3 Å². The lowest BCUT2D eigenvalue weighted by molar-refractivity contribution is 0.0935. The van der Waals surface area contributed by atoms with Gasteiger partial charge in [-0.2, -0.15) is 0 Å². The van der Waals surface area contributed by atoms with E-state index in [4.69, 9.17) is 0 Å². The molecule has 3 atom stereocenters. The Morgan fingerprint density at radius 3 is 3.00 bits per heavy atom. The van der Waals surface area contributed by atoms with Crippen LogP contribution in [-0.4, -0.2) is 29.0 Å². The van der Waals surface area contributed by atoms with Crippen LogP contribution in [0.4, 0.5) is 0 Å². The maximum absolute atomic E-state index is 12.4. The molecule has 2 N–H and O–H groups in total. The summed E-state index contributed by atoms with van der Waals surface area (Å²) in [6.45, 7) is 1.99. The number of hydrogen-bond donors (Lipinski definition) is 2. The monoisotopic (exact) mass is 319 g/mol. The van der Waals surface area contributed by atoms with Gasteiger partial charge in [-0.3, -0.25) is 4.79 Å². The molecule has 21 heavy (non-hydrogen) atoms. The van der Waals surface area contributed by atoms with E-state index in [2.05, 4.69) is 15.6 Å². The number of amides is 1. The Balaban J connectivity index is 1.46. The number of thiazole rings is 1. The number of nitrogens with zero attached hydrogens (tertiary/aromatic N) is 1. The van der Waals surface area contributed by atoms with E-state index in [1.165, 1.54) is 24.2 Å². The van der Waals surface area contributed by atoms with Crippen molar-refractivity contribution in [3.8, 4) is 9.88 Å². The van der Waals surface area contributed by atoms with Crippen LogP contribution in [0.3, 0.4) is 0 Å². The first-order chi connectivity index (χ1) is 10.2. The summed E-state index contributed by atoms with van der Waals surface area (Å²) in [6, 6.07) is 5.28. The molecular formula is C15H17N3OS2. The van der Waals surface area contributed by atoms with Crippen LogP contribution in [0.25, 0.3) is 9.88 Å². The minimum Gasteiger partial charge on any atom is -0.347 e. The van der Waals surface area contributed by atoms with Crippen molar-refractivity contribution >= 4 is 28.6 Å². The molecule has 1 amide bonds. The fourth-order valence-corrected chi connectivity index (χ4v) is 5.04. The van der Waals surface area contributed by atoms with Gasteiger partial charge in [0.05, 0.1) is 9.75 Å². The minimum absolute atomic E-state index is 0.0545. The molecule has 2 fully saturated rings. The zero-order valence-corrected chi connectivity index (χ0v) is 13.4. The molecule has 3 unspecified atom stereocenters. The zero-order chi connectivity index (χ0) is 14.4. The summed E-state index contributed by atoms with van der Waals surface area (Å²) in [7, 11) is 0. The Hall–Kier alpha value is -1.24. The molecule has 0 spiro atoms. The summed E-state index contributed by atoms with van der Waals surface area (Å²) < 4.78 is 0. The Morgan fingerprint density at radius 2 is 2.33 bits per heavy atom. The van der Waals surface area contributed by atoms with Crippen LogP contribution in [-0.2, 0) is 0 Å². The van der Waals surface area contributed by atoms with Gasteiger partial charge in [-0.15, -0.1) is 22.7 Å². The van der Waals surface area contributed by atoms with Crippen molar-refractivity contribution in [2.75, 3.05) is 0 Å².